The van der Waals surface area contributed by atoms with Crippen LogP contribution < -0.4 is 0 Å². The Morgan fingerprint density at radius 3 is 2.22 bits per heavy atom. The van der Waals surface area contributed by atoms with Crippen LogP contribution in [0, 0.1) is 12.7 Å². The van der Waals surface area contributed by atoms with Crippen LogP contribution in [-0.2, 0) is 22.7 Å². The van der Waals surface area contributed by atoms with Gasteiger partial charge in [0.25, 0.3) is 0 Å². The van der Waals surface area contributed by atoms with E-state index in [0.29, 0.717) is 26.1 Å². The monoisotopic (exact) mass is 460 g/mol. The van der Waals surface area contributed by atoms with Crippen molar-refractivity contribution in [3.8, 4) is 0 Å². The van der Waals surface area contributed by atoms with Crippen molar-refractivity contribution >= 4 is 23.2 Å². The van der Waals surface area contributed by atoms with Crippen molar-refractivity contribution < 1.29 is 14.0 Å². The molecule has 2 amide bonds. The summed E-state index contributed by atoms with van der Waals surface area (Å²) in [5, 5.41) is 2.02. The smallest absolute Gasteiger partial charge is 0.242 e. The number of hydrogen-bond donors (Lipinski definition) is 0. The molecule has 0 unspecified atom stereocenters. The number of nitrogens with zero attached hydrogens (tertiary/aromatic N) is 2. The summed E-state index contributed by atoms with van der Waals surface area (Å²) in [5.74, 6) is -0.306. The Morgan fingerprint density at radius 1 is 0.875 bits per heavy atom. The molecule has 2 rings (SSSR count). The normalized spacial score (nSPS) is 10.9. The van der Waals surface area contributed by atoms with Crippen molar-refractivity contribution in [1.82, 2.24) is 9.80 Å². The molecule has 6 heteroatoms. The number of amides is 2. The third-order valence-electron chi connectivity index (χ3n) is 5.61. The van der Waals surface area contributed by atoms with Gasteiger partial charge in [0.05, 0.1) is 13.1 Å². The molecule has 0 fully saturated rings. The molecular weight excluding hydrogens is 423 g/mol. The molecule has 1 heterocycles. The Morgan fingerprint density at radius 2 is 1.59 bits per heavy atom. The van der Waals surface area contributed by atoms with Gasteiger partial charge in [-0.05, 0) is 54.5 Å². The molecule has 4 nitrogen and oxygen atoms in total. The third-order valence-corrected chi connectivity index (χ3v) is 6.62. The van der Waals surface area contributed by atoms with Gasteiger partial charge >= 0.3 is 0 Å². The molecule has 176 valence electrons. The number of hydrogen-bond acceptors (Lipinski definition) is 3. The zero-order valence-corrected chi connectivity index (χ0v) is 20.6. The first-order valence-corrected chi connectivity index (χ1v) is 12.7. The summed E-state index contributed by atoms with van der Waals surface area (Å²) in [6.07, 6.45) is 6.78. The summed E-state index contributed by atoms with van der Waals surface area (Å²) in [6, 6.07) is 8.30. The molecule has 0 bridgehead atoms. The van der Waals surface area contributed by atoms with Crippen LogP contribution in [0.4, 0.5) is 4.39 Å². The quantitative estimate of drug-likeness (QED) is 0.309. The summed E-state index contributed by atoms with van der Waals surface area (Å²) in [6.45, 7) is 7.80. The minimum absolute atomic E-state index is 0.0609. The molecule has 0 saturated carbocycles. The lowest BCUT2D eigenvalue weighted by atomic mass is 10.1. The van der Waals surface area contributed by atoms with Crippen molar-refractivity contribution in [3.05, 3.63) is 57.5 Å². The standard InChI is InChI=1S/C26H37FN2O2S/c1-4-6-7-8-9-10-25(30)28(16-5-2)20-26(31)29(19-24-21(3)15-17-32-24)18-22-11-13-23(27)14-12-22/h11-15,17H,4-10,16,18-20H2,1-3H3. The van der Waals surface area contributed by atoms with Gasteiger partial charge in [-0.25, -0.2) is 4.39 Å². The molecule has 0 spiro atoms. The van der Waals surface area contributed by atoms with Gasteiger partial charge < -0.3 is 9.80 Å². The van der Waals surface area contributed by atoms with Crippen LogP contribution in [0.25, 0.3) is 0 Å². The number of carbonyl (C=O) groups excluding carboxylic acids is 2. The molecule has 0 N–H and O–H groups in total. The predicted octanol–water partition coefficient (Wildman–Crippen LogP) is 6.32. The van der Waals surface area contributed by atoms with Crippen LogP contribution >= 0.6 is 11.3 Å². The molecule has 0 radical (unpaired) electrons. The fourth-order valence-electron chi connectivity index (χ4n) is 3.64. The van der Waals surface area contributed by atoms with E-state index in [0.717, 1.165) is 41.7 Å². The van der Waals surface area contributed by atoms with E-state index in [9.17, 15) is 14.0 Å². The Labute approximate surface area is 196 Å². The number of benzene rings is 1. The maximum Gasteiger partial charge on any atom is 0.242 e. The number of carbonyl (C=O) groups is 2. The van der Waals surface area contributed by atoms with Crippen LogP contribution in [0.3, 0.4) is 0 Å². The van der Waals surface area contributed by atoms with Crippen LogP contribution in [0.15, 0.2) is 35.7 Å². The Hall–Kier alpha value is -2.21. The fourth-order valence-corrected chi connectivity index (χ4v) is 4.57. The van der Waals surface area contributed by atoms with Crippen molar-refractivity contribution in [2.45, 2.75) is 78.8 Å². The molecule has 0 saturated heterocycles. The van der Waals surface area contributed by atoms with Gasteiger partial charge in [0.15, 0.2) is 0 Å². The topological polar surface area (TPSA) is 40.6 Å². The second-order valence-corrected chi connectivity index (χ2v) is 9.38. The lowest BCUT2D eigenvalue weighted by Crippen LogP contribution is -2.42. The molecule has 0 aliphatic rings. The second-order valence-electron chi connectivity index (χ2n) is 8.38. The van der Waals surface area contributed by atoms with Gasteiger partial charge in [-0.2, -0.15) is 0 Å². The molecule has 1 aromatic heterocycles. The van der Waals surface area contributed by atoms with Crippen molar-refractivity contribution in [1.29, 1.82) is 0 Å². The maximum absolute atomic E-state index is 13.3. The highest BCUT2D eigenvalue weighted by Gasteiger charge is 2.22. The number of unbranched alkanes of at least 4 members (excludes halogenated alkanes) is 4. The summed E-state index contributed by atoms with van der Waals surface area (Å²) in [7, 11) is 0. The first kappa shape index (κ1) is 26.0. The van der Waals surface area contributed by atoms with Crippen molar-refractivity contribution in [2.24, 2.45) is 0 Å². The van der Waals surface area contributed by atoms with Crippen LogP contribution in [0.2, 0.25) is 0 Å². The number of rotatable bonds is 14. The van der Waals surface area contributed by atoms with E-state index in [-0.39, 0.29) is 24.2 Å². The van der Waals surface area contributed by atoms with E-state index in [1.54, 1.807) is 33.3 Å². The zero-order valence-electron chi connectivity index (χ0n) is 19.7. The summed E-state index contributed by atoms with van der Waals surface area (Å²) in [4.78, 5) is 30.7. The van der Waals surface area contributed by atoms with Gasteiger partial charge in [-0.15, -0.1) is 11.3 Å². The highest BCUT2D eigenvalue weighted by atomic mass is 32.1. The first-order chi connectivity index (χ1) is 15.4. The zero-order chi connectivity index (χ0) is 23.3. The summed E-state index contributed by atoms with van der Waals surface area (Å²) >= 11 is 1.63. The SMILES string of the molecule is CCCCCCCC(=O)N(CCC)CC(=O)N(Cc1ccc(F)cc1)Cc1sccc1C. The highest BCUT2D eigenvalue weighted by molar-refractivity contribution is 7.10. The van der Waals surface area contributed by atoms with Crippen molar-refractivity contribution in [2.75, 3.05) is 13.1 Å². The second kappa shape index (κ2) is 14.0. The molecule has 0 aliphatic heterocycles. The van der Waals surface area contributed by atoms with Gasteiger partial charge in [0, 0.05) is 24.4 Å². The van der Waals surface area contributed by atoms with Gasteiger partial charge in [-0.1, -0.05) is 51.7 Å². The minimum atomic E-state index is -0.292. The molecule has 32 heavy (non-hydrogen) atoms. The predicted molar refractivity (Wildman–Crippen MR) is 130 cm³/mol. The molecule has 2 aromatic rings. The number of thiophene rings is 1. The molecular formula is C26H37FN2O2S. The Balaban J connectivity index is 2.06. The van der Waals surface area contributed by atoms with Crippen LogP contribution in [0.5, 0.6) is 0 Å². The maximum atomic E-state index is 13.3. The first-order valence-electron chi connectivity index (χ1n) is 11.8. The Bertz CT molecular complexity index is 835. The van der Waals surface area contributed by atoms with Crippen LogP contribution in [0.1, 0.15) is 74.8 Å². The average Bonchev–Trinajstić information content (AvgIpc) is 3.18. The highest BCUT2D eigenvalue weighted by Crippen LogP contribution is 2.20. The summed E-state index contributed by atoms with van der Waals surface area (Å²) in [5.41, 5.74) is 2.03. The van der Waals surface area contributed by atoms with E-state index in [1.165, 1.54) is 25.0 Å². The Kier molecular flexibility index (Phi) is 11.4. The fraction of sp³-hybridized carbons (Fsp3) is 0.538. The number of aryl methyl sites for hydroxylation is 1. The number of halogens is 1. The van der Waals surface area contributed by atoms with Crippen molar-refractivity contribution in [3.63, 3.8) is 0 Å². The van der Waals surface area contributed by atoms with E-state index in [2.05, 4.69) is 6.92 Å². The van der Waals surface area contributed by atoms with Gasteiger partial charge in [0.2, 0.25) is 11.8 Å². The van der Waals surface area contributed by atoms with E-state index in [4.69, 9.17) is 0 Å². The van der Waals surface area contributed by atoms with Gasteiger partial charge in [0.1, 0.15) is 5.82 Å². The molecule has 1 aromatic carbocycles. The third kappa shape index (κ3) is 8.73. The lowest BCUT2D eigenvalue weighted by Gasteiger charge is -2.28. The summed E-state index contributed by atoms with van der Waals surface area (Å²) < 4.78 is 13.3. The van der Waals surface area contributed by atoms with E-state index in [1.807, 2.05) is 25.3 Å². The largest absolute Gasteiger partial charge is 0.333 e. The minimum Gasteiger partial charge on any atom is -0.333 e. The van der Waals surface area contributed by atoms with E-state index >= 15 is 0 Å². The average molecular weight is 461 g/mol. The molecule has 0 aliphatic carbocycles. The lowest BCUT2D eigenvalue weighted by molar-refractivity contribution is -0.141. The molecule has 0 atom stereocenters. The van der Waals surface area contributed by atoms with Crippen LogP contribution in [-0.4, -0.2) is 34.7 Å². The van der Waals surface area contributed by atoms with E-state index < -0.39 is 0 Å². The van der Waals surface area contributed by atoms with Gasteiger partial charge in [-0.3, -0.25) is 9.59 Å².